The van der Waals surface area contributed by atoms with E-state index >= 15 is 8.78 Å². The predicted molar refractivity (Wildman–Crippen MR) is 172 cm³/mol. The Morgan fingerprint density at radius 1 is 1.09 bits per heavy atom. The van der Waals surface area contributed by atoms with E-state index in [4.69, 9.17) is 9.72 Å². The summed E-state index contributed by atoms with van der Waals surface area (Å²) < 4.78 is 40.0. The number of fused-ring (bicyclic) bond motifs is 7. The Morgan fingerprint density at radius 2 is 1.93 bits per heavy atom. The first-order valence-corrected chi connectivity index (χ1v) is 17.0. The fraction of sp³-hybridized carbons (Fsp3) is 0.500. The van der Waals surface area contributed by atoms with E-state index in [-0.39, 0.29) is 41.2 Å². The van der Waals surface area contributed by atoms with Crippen molar-refractivity contribution in [2.75, 3.05) is 31.1 Å². The molecule has 2 bridgehead atoms. The molecule has 9 rings (SSSR count). The molecule has 0 amide bonds. The molecule has 0 radical (unpaired) electrons. The number of piperazine rings is 1. The maximum absolute atomic E-state index is 16.8. The molecule has 6 heterocycles. The van der Waals surface area contributed by atoms with Gasteiger partial charge in [0, 0.05) is 59.3 Å². The summed E-state index contributed by atoms with van der Waals surface area (Å²) in [6.45, 7) is 2.65. The second kappa shape index (κ2) is 10.2. The first kappa shape index (κ1) is 28.1. The van der Waals surface area contributed by atoms with Gasteiger partial charge in [0.05, 0.1) is 10.9 Å². The van der Waals surface area contributed by atoms with E-state index in [0.29, 0.717) is 41.7 Å². The van der Waals surface area contributed by atoms with Crippen LogP contribution in [0, 0.1) is 5.82 Å². The number of hydrogen-bond donors (Lipinski definition) is 2. The quantitative estimate of drug-likeness (QED) is 0.256. The van der Waals surface area contributed by atoms with Crippen molar-refractivity contribution >= 4 is 43.4 Å². The SMILES string of the molecule is Oc1cc(-c2ncc3c(N4CC5CCC(C4)N5)nc(OC[C@@]45CCCN4[C@H]4CCC[C@@]4(F)C5)nc3c2F)c2c(Br)cccc2c1. The first-order chi connectivity index (χ1) is 21.8. The third-order valence-corrected chi connectivity index (χ3v) is 11.8. The van der Waals surface area contributed by atoms with Gasteiger partial charge in [0.1, 0.15) is 35.1 Å². The van der Waals surface area contributed by atoms with Crippen LogP contribution >= 0.6 is 15.9 Å². The minimum Gasteiger partial charge on any atom is -0.508 e. The maximum atomic E-state index is 16.8. The van der Waals surface area contributed by atoms with Crippen molar-refractivity contribution in [2.24, 2.45) is 0 Å². The number of ether oxygens (including phenoxy) is 1. The molecule has 4 aromatic rings. The van der Waals surface area contributed by atoms with Crippen LogP contribution in [0.2, 0.25) is 0 Å². The number of phenols is 1. The summed E-state index contributed by atoms with van der Waals surface area (Å²) in [4.78, 5) is 18.8. The molecule has 0 spiro atoms. The average Bonchev–Trinajstić information content (AvgIpc) is 3.74. The molecule has 5 fully saturated rings. The van der Waals surface area contributed by atoms with Crippen molar-refractivity contribution in [1.82, 2.24) is 25.2 Å². The summed E-state index contributed by atoms with van der Waals surface area (Å²) in [6.07, 6.45) is 8.61. The van der Waals surface area contributed by atoms with Crippen LogP contribution < -0.4 is 15.0 Å². The van der Waals surface area contributed by atoms with Gasteiger partial charge in [-0.15, -0.1) is 0 Å². The summed E-state index contributed by atoms with van der Waals surface area (Å²) >= 11 is 3.61. The van der Waals surface area contributed by atoms with Crippen molar-refractivity contribution in [3.63, 3.8) is 0 Å². The highest BCUT2D eigenvalue weighted by Crippen LogP contribution is 2.55. The Morgan fingerprint density at radius 3 is 2.78 bits per heavy atom. The Labute approximate surface area is 268 Å². The van der Waals surface area contributed by atoms with E-state index in [0.717, 1.165) is 73.4 Å². The molecule has 2 aromatic heterocycles. The minimum absolute atomic E-state index is 0.0212. The monoisotopic (exact) mass is 676 g/mol. The zero-order valence-electron chi connectivity index (χ0n) is 24.9. The second-order valence-corrected chi connectivity index (χ2v) is 14.7. The highest BCUT2D eigenvalue weighted by molar-refractivity contribution is 9.10. The van der Waals surface area contributed by atoms with E-state index < -0.39 is 11.5 Å². The molecule has 234 valence electrons. The normalized spacial score (nSPS) is 30.8. The molecular formula is C34H35BrF2N6O2. The summed E-state index contributed by atoms with van der Waals surface area (Å²) in [6, 6.07) is 9.56. The number of nitrogens with zero attached hydrogens (tertiary/aromatic N) is 5. The fourth-order valence-electron chi connectivity index (χ4n) is 9.28. The van der Waals surface area contributed by atoms with Gasteiger partial charge in [0.2, 0.25) is 0 Å². The van der Waals surface area contributed by atoms with Gasteiger partial charge in [0.25, 0.3) is 0 Å². The largest absolute Gasteiger partial charge is 0.508 e. The van der Waals surface area contributed by atoms with Gasteiger partial charge >= 0.3 is 6.01 Å². The summed E-state index contributed by atoms with van der Waals surface area (Å²) in [5.41, 5.74) is -0.868. The topological polar surface area (TPSA) is 86.6 Å². The van der Waals surface area contributed by atoms with E-state index in [2.05, 4.69) is 41.0 Å². The summed E-state index contributed by atoms with van der Waals surface area (Å²) in [7, 11) is 0. The van der Waals surface area contributed by atoms with Crippen LogP contribution in [-0.4, -0.2) is 80.5 Å². The zero-order chi connectivity index (χ0) is 30.5. The number of hydrogen-bond acceptors (Lipinski definition) is 8. The minimum atomic E-state index is -1.16. The molecule has 8 nitrogen and oxygen atoms in total. The van der Waals surface area contributed by atoms with Crippen molar-refractivity contribution in [2.45, 2.75) is 80.7 Å². The fourth-order valence-corrected chi connectivity index (χ4v) is 9.88. The highest BCUT2D eigenvalue weighted by atomic mass is 79.9. The highest BCUT2D eigenvalue weighted by Gasteiger charge is 2.63. The number of halogens is 3. The lowest BCUT2D eigenvalue weighted by molar-refractivity contribution is 0.0811. The van der Waals surface area contributed by atoms with Crippen molar-refractivity contribution in [3.05, 3.63) is 46.8 Å². The van der Waals surface area contributed by atoms with Crippen molar-refractivity contribution in [1.29, 1.82) is 0 Å². The van der Waals surface area contributed by atoms with Gasteiger partial charge in [-0.05, 0) is 75.1 Å². The van der Waals surface area contributed by atoms with Crippen molar-refractivity contribution < 1.29 is 18.6 Å². The van der Waals surface area contributed by atoms with Gasteiger partial charge in [-0.1, -0.05) is 28.1 Å². The molecule has 2 unspecified atom stereocenters. The number of pyridine rings is 1. The molecule has 2 aromatic carbocycles. The summed E-state index contributed by atoms with van der Waals surface area (Å²) in [5, 5.41) is 16.2. The third kappa shape index (κ3) is 4.36. The molecule has 5 aliphatic rings. The number of aromatic hydroxyl groups is 1. The van der Waals surface area contributed by atoms with E-state index in [1.807, 2.05) is 18.2 Å². The number of aromatic nitrogens is 3. The lowest BCUT2D eigenvalue weighted by Gasteiger charge is -2.35. The molecule has 1 aliphatic carbocycles. The average molecular weight is 678 g/mol. The molecule has 5 atom stereocenters. The van der Waals surface area contributed by atoms with Crippen LogP contribution in [-0.2, 0) is 0 Å². The molecule has 45 heavy (non-hydrogen) atoms. The molecule has 4 aliphatic heterocycles. The number of nitrogens with one attached hydrogen (secondary N) is 1. The zero-order valence-corrected chi connectivity index (χ0v) is 26.5. The summed E-state index contributed by atoms with van der Waals surface area (Å²) in [5.74, 6) is 0.0350. The number of anilines is 1. The number of benzene rings is 2. The molecule has 4 saturated heterocycles. The van der Waals surface area contributed by atoms with Crippen LogP contribution in [0.4, 0.5) is 14.6 Å². The second-order valence-electron chi connectivity index (χ2n) is 13.8. The van der Waals surface area contributed by atoms with E-state index in [1.54, 1.807) is 12.3 Å². The standard InChI is InChI=1S/C34H35BrF2N6O2/c35-25-5-1-4-19-12-22(44)13-23(27(19)25)29-28(36)30-24(14-38-29)31(42-15-20-7-8-21(16-42)39-20)41-32(40-30)45-18-33-9-3-11-43(33)26-6-2-10-34(26,37)17-33/h1,4-5,12-14,20-21,26,39,44H,2-3,6-11,15-18H2/t20?,21?,26-,33-,34+/m0/s1. The van der Waals surface area contributed by atoms with E-state index in [9.17, 15) is 5.11 Å². The van der Waals surface area contributed by atoms with Crippen LogP contribution in [0.15, 0.2) is 41.0 Å². The molecule has 11 heteroatoms. The molecule has 1 saturated carbocycles. The van der Waals surface area contributed by atoms with Gasteiger partial charge in [-0.25, -0.2) is 8.78 Å². The lowest BCUT2D eigenvalue weighted by atomic mass is 9.88. The molecular weight excluding hydrogens is 642 g/mol. The molecule has 2 N–H and O–H groups in total. The van der Waals surface area contributed by atoms with Crippen LogP contribution in [0.25, 0.3) is 32.9 Å². The van der Waals surface area contributed by atoms with Gasteiger partial charge in [0.15, 0.2) is 5.82 Å². The number of alkyl halides is 1. The van der Waals surface area contributed by atoms with E-state index in [1.165, 1.54) is 6.07 Å². The van der Waals surface area contributed by atoms with Crippen molar-refractivity contribution in [3.8, 4) is 23.0 Å². The Hall–Kier alpha value is -3.15. The maximum Gasteiger partial charge on any atom is 0.319 e. The van der Waals surface area contributed by atoms with Crippen LogP contribution in [0.1, 0.15) is 51.4 Å². The van der Waals surface area contributed by atoms with Gasteiger partial charge in [-0.3, -0.25) is 9.88 Å². The smallest absolute Gasteiger partial charge is 0.319 e. The third-order valence-electron chi connectivity index (χ3n) is 11.1. The first-order valence-electron chi connectivity index (χ1n) is 16.2. The number of phenolic OH excluding ortho intramolecular Hbond substituents is 1. The number of rotatable bonds is 5. The van der Waals surface area contributed by atoms with Crippen LogP contribution in [0.3, 0.4) is 0 Å². The lowest BCUT2D eigenvalue weighted by Crippen LogP contribution is -2.51. The Kier molecular flexibility index (Phi) is 6.35. The Bertz CT molecular complexity index is 1850. The van der Waals surface area contributed by atoms with Gasteiger partial charge < -0.3 is 20.1 Å². The van der Waals surface area contributed by atoms with Gasteiger partial charge in [-0.2, -0.15) is 9.97 Å². The predicted octanol–water partition coefficient (Wildman–Crippen LogP) is 6.27. The van der Waals surface area contributed by atoms with Crippen LogP contribution in [0.5, 0.6) is 11.8 Å². The Balaban J connectivity index is 1.15.